The summed E-state index contributed by atoms with van der Waals surface area (Å²) in [4.78, 5) is 11.1. The zero-order valence-corrected chi connectivity index (χ0v) is 11.8. The minimum atomic E-state index is -1.15. The van der Waals surface area contributed by atoms with Crippen LogP contribution in [0.2, 0.25) is 0 Å². The highest BCUT2D eigenvalue weighted by atomic mass is 79.9. The molecule has 100 valence electrons. The predicted molar refractivity (Wildman–Crippen MR) is 70.1 cm³/mol. The lowest BCUT2D eigenvalue weighted by Crippen LogP contribution is -2.09. The molecule has 0 saturated heterocycles. The van der Waals surface area contributed by atoms with Gasteiger partial charge in [0.15, 0.2) is 5.69 Å². The molecule has 5 nitrogen and oxygen atoms in total. The normalized spacial score (nSPS) is 11.0. The van der Waals surface area contributed by atoms with Gasteiger partial charge in [0.25, 0.3) is 0 Å². The molecule has 0 saturated carbocycles. The molecule has 0 bridgehead atoms. The summed E-state index contributed by atoms with van der Waals surface area (Å²) in [6.07, 6.45) is 0. The standard InChI is InChI=1S/C12H11BrFN3O2/c1-6(2)11-10(12(18)19)15-16-17(11)9-5-7(14)3-4-8(9)13/h3-6H,1-2H3,(H,18,19). The predicted octanol–water partition coefficient (Wildman–Crippen LogP) is 2.99. The fourth-order valence-electron chi connectivity index (χ4n) is 1.79. The number of nitrogens with zero attached hydrogens (tertiary/aromatic N) is 3. The van der Waals surface area contributed by atoms with Gasteiger partial charge in [-0.25, -0.2) is 13.9 Å². The number of halogens is 2. The number of hydrogen-bond donors (Lipinski definition) is 1. The second-order valence-corrected chi connectivity index (χ2v) is 5.15. The first-order chi connectivity index (χ1) is 8.91. The minimum absolute atomic E-state index is 0.115. The summed E-state index contributed by atoms with van der Waals surface area (Å²) in [6.45, 7) is 3.66. The summed E-state index contributed by atoms with van der Waals surface area (Å²) < 4.78 is 15.3. The van der Waals surface area contributed by atoms with Crippen molar-refractivity contribution in [3.63, 3.8) is 0 Å². The van der Waals surface area contributed by atoms with Gasteiger partial charge in [-0.15, -0.1) is 5.10 Å². The molecule has 7 heteroatoms. The molecule has 2 rings (SSSR count). The first-order valence-corrected chi connectivity index (χ1v) is 6.35. The highest BCUT2D eigenvalue weighted by Crippen LogP contribution is 2.26. The van der Waals surface area contributed by atoms with Gasteiger partial charge in [0, 0.05) is 10.5 Å². The number of carboxylic acid groups (broad SMARTS) is 1. The Morgan fingerprint density at radius 2 is 2.16 bits per heavy atom. The van der Waals surface area contributed by atoms with Crippen LogP contribution < -0.4 is 0 Å². The summed E-state index contributed by atoms with van der Waals surface area (Å²) in [5.41, 5.74) is 0.730. The van der Waals surface area contributed by atoms with E-state index in [9.17, 15) is 9.18 Å². The molecule has 1 N–H and O–H groups in total. The van der Waals surface area contributed by atoms with Gasteiger partial charge in [-0.2, -0.15) is 0 Å². The van der Waals surface area contributed by atoms with E-state index >= 15 is 0 Å². The van der Waals surface area contributed by atoms with Gasteiger partial charge in [0.05, 0.1) is 11.4 Å². The fraction of sp³-hybridized carbons (Fsp3) is 0.250. The van der Waals surface area contributed by atoms with Crippen LogP contribution in [0, 0.1) is 5.82 Å². The lowest BCUT2D eigenvalue weighted by atomic mass is 10.1. The summed E-state index contributed by atoms with van der Waals surface area (Å²) in [5.74, 6) is -1.70. The Labute approximate surface area is 117 Å². The molecular formula is C12H11BrFN3O2. The maximum Gasteiger partial charge on any atom is 0.358 e. The van der Waals surface area contributed by atoms with Crippen LogP contribution >= 0.6 is 15.9 Å². The average molecular weight is 328 g/mol. The van der Waals surface area contributed by atoms with Crippen molar-refractivity contribution in [2.24, 2.45) is 0 Å². The monoisotopic (exact) mass is 327 g/mol. The quantitative estimate of drug-likeness (QED) is 0.940. The van der Waals surface area contributed by atoms with E-state index in [0.29, 0.717) is 15.9 Å². The summed E-state index contributed by atoms with van der Waals surface area (Å²) in [7, 11) is 0. The minimum Gasteiger partial charge on any atom is -0.476 e. The molecule has 0 radical (unpaired) electrons. The molecule has 19 heavy (non-hydrogen) atoms. The molecule has 1 aromatic heterocycles. The van der Waals surface area contributed by atoms with Crippen molar-refractivity contribution in [3.05, 3.63) is 39.9 Å². The summed E-state index contributed by atoms with van der Waals surface area (Å²) >= 11 is 3.29. The fourth-order valence-corrected chi connectivity index (χ4v) is 2.20. The molecule has 0 unspecified atom stereocenters. The van der Waals surface area contributed by atoms with E-state index in [-0.39, 0.29) is 11.6 Å². The van der Waals surface area contributed by atoms with Gasteiger partial charge >= 0.3 is 5.97 Å². The van der Waals surface area contributed by atoms with Crippen molar-refractivity contribution in [2.75, 3.05) is 0 Å². The lowest BCUT2D eigenvalue weighted by molar-refractivity contribution is 0.0688. The number of benzene rings is 1. The Morgan fingerprint density at radius 1 is 1.47 bits per heavy atom. The van der Waals surface area contributed by atoms with Crippen LogP contribution in [0.3, 0.4) is 0 Å². The van der Waals surface area contributed by atoms with Crippen LogP contribution in [0.1, 0.15) is 35.9 Å². The Kier molecular flexibility index (Phi) is 3.66. The van der Waals surface area contributed by atoms with Crippen LogP contribution in [0.4, 0.5) is 4.39 Å². The molecule has 0 atom stereocenters. The molecule has 0 aliphatic heterocycles. The number of rotatable bonds is 3. The Balaban J connectivity index is 2.69. The molecule has 0 fully saturated rings. The second-order valence-electron chi connectivity index (χ2n) is 4.29. The van der Waals surface area contributed by atoms with E-state index in [0.717, 1.165) is 0 Å². The second kappa shape index (κ2) is 5.08. The number of aromatic carboxylic acids is 1. The van der Waals surface area contributed by atoms with Gasteiger partial charge in [0.1, 0.15) is 5.82 Å². The van der Waals surface area contributed by atoms with Crippen LogP contribution in [-0.4, -0.2) is 26.1 Å². The van der Waals surface area contributed by atoms with Crippen LogP contribution in [0.5, 0.6) is 0 Å². The molecule has 1 heterocycles. The molecule has 0 spiro atoms. The lowest BCUT2D eigenvalue weighted by Gasteiger charge is -2.11. The van der Waals surface area contributed by atoms with E-state index in [1.54, 1.807) is 0 Å². The van der Waals surface area contributed by atoms with Crippen molar-refractivity contribution in [3.8, 4) is 5.69 Å². The Hall–Kier alpha value is -1.76. The van der Waals surface area contributed by atoms with E-state index in [2.05, 4.69) is 26.2 Å². The molecule has 2 aromatic rings. The third-order valence-electron chi connectivity index (χ3n) is 2.59. The Bertz CT molecular complexity index is 640. The van der Waals surface area contributed by atoms with Crippen molar-refractivity contribution in [1.29, 1.82) is 0 Å². The molecule has 0 aliphatic rings. The highest BCUT2D eigenvalue weighted by molar-refractivity contribution is 9.10. The smallest absolute Gasteiger partial charge is 0.358 e. The third-order valence-corrected chi connectivity index (χ3v) is 3.26. The highest BCUT2D eigenvalue weighted by Gasteiger charge is 2.23. The van der Waals surface area contributed by atoms with Crippen molar-refractivity contribution < 1.29 is 14.3 Å². The number of carbonyl (C=O) groups is 1. The van der Waals surface area contributed by atoms with Crippen LogP contribution in [-0.2, 0) is 0 Å². The maximum absolute atomic E-state index is 13.3. The van der Waals surface area contributed by atoms with Crippen molar-refractivity contribution in [2.45, 2.75) is 19.8 Å². The van der Waals surface area contributed by atoms with E-state index < -0.39 is 11.8 Å². The molecular weight excluding hydrogens is 317 g/mol. The SMILES string of the molecule is CC(C)c1c(C(=O)O)nnn1-c1cc(F)ccc1Br. The molecule has 0 amide bonds. The first-order valence-electron chi connectivity index (χ1n) is 5.56. The summed E-state index contributed by atoms with van der Waals surface area (Å²) in [6, 6.07) is 4.12. The van der Waals surface area contributed by atoms with Crippen molar-refractivity contribution >= 4 is 21.9 Å². The largest absolute Gasteiger partial charge is 0.476 e. The summed E-state index contributed by atoms with van der Waals surface area (Å²) in [5, 5.41) is 16.6. The van der Waals surface area contributed by atoms with Gasteiger partial charge in [-0.1, -0.05) is 19.1 Å². The van der Waals surface area contributed by atoms with Gasteiger partial charge < -0.3 is 5.11 Å². The maximum atomic E-state index is 13.3. The third kappa shape index (κ3) is 2.51. The number of carboxylic acids is 1. The van der Waals surface area contributed by atoms with Crippen molar-refractivity contribution in [1.82, 2.24) is 15.0 Å². The van der Waals surface area contributed by atoms with E-state index in [1.807, 2.05) is 13.8 Å². The first kappa shape index (κ1) is 13.7. The van der Waals surface area contributed by atoms with Gasteiger partial charge in [-0.3, -0.25) is 0 Å². The van der Waals surface area contributed by atoms with Crippen LogP contribution in [0.25, 0.3) is 5.69 Å². The topological polar surface area (TPSA) is 68.0 Å². The van der Waals surface area contributed by atoms with Crippen LogP contribution in [0.15, 0.2) is 22.7 Å². The number of aromatic nitrogens is 3. The Morgan fingerprint density at radius 3 is 2.74 bits per heavy atom. The molecule has 1 aromatic carbocycles. The van der Waals surface area contributed by atoms with E-state index in [4.69, 9.17) is 5.11 Å². The average Bonchev–Trinajstić information content (AvgIpc) is 2.76. The van der Waals surface area contributed by atoms with E-state index in [1.165, 1.54) is 22.9 Å². The molecule has 0 aliphatic carbocycles. The number of hydrogen-bond acceptors (Lipinski definition) is 3. The van der Waals surface area contributed by atoms with Gasteiger partial charge in [-0.05, 0) is 34.0 Å². The van der Waals surface area contributed by atoms with Gasteiger partial charge in [0.2, 0.25) is 0 Å². The zero-order valence-electron chi connectivity index (χ0n) is 10.3. The zero-order chi connectivity index (χ0) is 14.2.